The van der Waals surface area contributed by atoms with Gasteiger partial charge in [-0.1, -0.05) is 12.2 Å². The SMILES string of the molecule is CN=C(NCCOc1ccc(F)cc1F)NC1CC=CC1. The summed E-state index contributed by atoms with van der Waals surface area (Å²) in [6, 6.07) is 3.61. The molecule has 0 atom stereocenters. The molecular formula is C15H19F2N3O. The zero-order chi connectivity index (χ0) is 15.1. The van der Waals surface area contributed by atoms with Crippen LogP contribution in [-0.4, -0.2) is 32.2 Å². The molecule has 21 heavy (non-hydrogen) atoms. The number of nitrogens with zero attached hydrogens (tertiary/aromatic N) is 1. The average molecular weight is 295 g/mol. The van der Waals surface area contributed by atoms with Crippen LogP contribution in [0.15, 0.2) is 35.3 Å². The van der Waals surface area contributed by atoms with Crippen LogP contribution in [0.2, 0.25) is 0 Å². The lowest BCUT2D eigenvalue weighted by Gasteiger charge is -2.17. The minimum Gasteiger partial charge on any atom is -0.489 e. The lowest BCUT2D eigenvalue weighted by molar-refractivity contribution is 0.304. The first-order valence-electron chi connectivity index (χ1n) is 6.89. The normalized spacial score (nSPS) is 15.3. The maximum Gasteiger partial charge on any atom is 0.191 e. The molecule has 1 aliphatic carbocycles. The van der Waals surface area contributed by atoms with Crippen molar-refractivity contribution in [1.82, 2.24) is 10.6 Å². The monoisotopic (exact) mass is 295 g/mol. The van der Waals surface area contributed by atoms with Gasteiger partial charge in [0, 0.05) is 19.2 Å². The standard InChI is InChI=1S/C15H19F2N3O/c1-18-15(20-12-4-2-3-5-12)19-8-9-21-14-7-6-11(16)10-13(14)17/h2-3,6-7,10,12H,4-5,8-9H2,1H3,(H2,18,19,20). The molecule has 1 aliphatic rings. The molecule has 2 rings (SSSR count). The summed E-state index contributed by atoms with van der Waals surface area (Å²) in [6.45, 7) is 0.725. The number of rotatable bonds is 5. The molecule has 0 spiro atoms. The van der Waals surface area contributed by atoms with Gasteiger partial charge in [0.2, 0.25) is 0 Å². The number of aliphatic imine (C=N–C) groups is 1. The number of hydrogen-bond acceptors (Lipinski definition) is 2. The molecule has 0 saturated carbocycles. The van der Waals surface area contributed by atoms with Gasteiger partial charge in [0.15, 0.2) is 17.5 Å². The van der Waals surface area contributed by atoms with E-state index in [2.05, 4.69) is 27.8 Å². The fraction of sp³-hybridized carbons (Fsp3) is 0.400. The van der Waals surface area contributed by atoms with E-state index in [1.807, 2.05) is 0 Å². The first-order chi connectivity index (χ1) is 10.2. The van der Waals surface area contributed by atoms with Gasteiger partial charge in [-0.05, 0) is 25.0 Å². The molecule has 0 amide bonds. The molecule has 0 aromatic heterocycles. The Morgan fingerprint density at radius 2 is 2.10 bits per heavy atom. The van der Waals surface area contributed by atoms with E-state index in [0.717, 1.165) is 18.9 Å². The summed E-state index contributed by atoms with van der Waals surface area (Å²) in [6.07, 6.45) is 6.23. The second-order valence-electron chi connectivity index (χ2n) is 4.71. The maximum atomic E-state index is 13.3. The van der Waals surface area contributed by atoms with Gasteiger partial charge in [-0.15, -0.1) is 0 Å². The molecule has 0 aliphatic heterocycles. The van der Waals surface area contributed by atoms with Crippen molar-refractivity contribution >= 4 is 5.96 Å². The van der Waals surface area contributed by atoms with Gasteiger partial charge in [-0.25, -0.2) is 8.78 Å². The second-order valence-corrected chi connectivity index (χ2v) is 4.71. The van der Waals surface area contributed by atoms with Crippen LogP contribution in [0.25, 0.3) is 0 Å². The highest BCUT2D eigenvalue weighted by Crippen LogP contribution is 2.17. The Labute approximate surface area is 122 Å². The van der Waals surface area contributed by atoms with Gasteiger partial charge in [0.1, 0.15) is 12.4 Å². The van der Waals surface area contributed by atoms with E-state index in [0.29, 0.717) is 18.5 Å². The van der Waals surface area contributed by atoms with Gasteiger partial charge in [0.05, 0.1) is 6.54 Å². The molecular weight excluding hydrogens is 276 g/mol. The van der Waals surface area contributed by atoms with E-state index < -0.39 is 11.6 Å². The van der Waals surface area contributed by atoms with Crippen molar-refractivity contribution in [2.75, 3.05) is 20.2 Å². The molecule has 1 aromatic carbocycles. The lowest BCUT2D eigenvalue weighted by atomic mass is 10.2. The number of ether oxygens (including phenoxy) is 1. The van der Waals surface area contributed by atoms with Gasteiger partial charge >= 0.3 is 0 Å². The Bertz CT molecular complexity index is 524. The quantitative estimate of drug-likeness (QED) is 0.379. The Morgan fingerprint density at radius 1 is 1.33 bits per heavy atom. The second kappa shape index (κ2) is 7.61. The minimum atomic E-state index is -0.700. The van der Waals surface area contributed by atoms with Gasteiger partial charge in [-0.2, -0.15) is 0 Å². The van der Waals surface area contributed by atoms with Gasteiger partial charge in [0.25, 0.3) is 0 Å². The number of hydrogen-bond donors (Lipinski definition) is 2. The largest absolute Gasteiger partial charge is 0.489 e. The molecule has 0 unspecified atom stereocenters. The molecule has 114 valence electrons. The summed E-state index contributed by atoms with van der Waals surface area (Å²) in [5.74, 6) is -0.588. The van der Waals surface area contributed by atoms with Gasteiger partial charge in [-0.3, -0.25) is 4.99 Å². The highest BCUT2D eigenvalue weighted by molar-refractivity contribution is 5.80. The topological polar surface area (TPSA) is 45.7 Å². The summed E-state index contributed by atoms with van der Waals surface area (Å²) >= 11 is 0. The van der Waals surface area contributed by atoms with Crippen molar-refractivity contribution in [2.24, 2.45) is 4.99 Å². The molecule has 1 aromatic rings. The lowest BCUT2D eigenvalue weighted by Crippen LogP contribution is -2.43. The van der Waals surface area contributed by atoms with E-state index >= 15 is 0 Å². The highest BCUT2D eigenvalue weighted by atomic mass is 19.1. The van der Waals surface area contributed by atoms with Crippen molar-refractivity contribution < 1.29 is 13.5 Å². The van der Waals surface area contributed by atoms with E-state index in [-0.39, 0.29) is 12.4 Å². The van der Waals surface area contributed by atoms with Crippen LogP contribution in [0.3, 0.4) is 0 Å². The summed E-state index contributed by atoms with van der Waals surface area (Å²) < 4.78 is 31.3. The Balaban J connectivity index is 1.70. The molecule has 4 nitrogen and oxygen atoms in total. The van der Waals surface area contributed by atoms with Crippen molar-refractivity contribution in [2.45, 2.75) is 18.9 Å². The third-order valence-corrected chi connectivity index (χ3v) is 3.12. The number of halogens is 2. The van der Waals surface area contributed by atoms with Crippen LogP contribution in [0.1, 0.15) is 12.8 Å². The first kappa shape index (κ1) is 15.3. The van der Waals surface area contributed by atoms with Crippen molar-refractivity contribution in [3.8, 4) is 5.75 Å². The fourth-order valence-electron chi connectivity index (χ4n) is 2.05. The predicted octanol–water partition coefficient (Wildman–Crippen LogP) is 2.23. The van der Waals surface area contributed by atoms with E-state index in [1.54, 1.807) is 7.05 Å². The van der Waals surface area contributed by atoms with Crippen LogP contribution in [0.4, 0.5) is 8.78 Å². The molecule has 0 fully saturated rings. The fourth-order valence-corrected chi connectivity index (χ4v) is 2.05. The van der Waals surface area contributed by atoms with Crippen molar-refractivity contribution in [1.29, 1.82) is 0 Å². The smallest absolute Gasteiger partial charge is 0.191 e. The van der Waals surface area contributed by atoms with Crippen LogP contribution in [0.5, 0.6) is 5.75 Å². The van der Waals surface area contributed by atoms with Crippen molar-refractivity contribution in [3.05, 3.63) is 42.0 Å². The number of nitrogens with one attached hydrogen (secondary N) is 2. The van der Waals surface area contributed by atoms with Crippen LogP contribution in [-0.2, 0) is 0 Å². The van der Waals surface area contributed by atoms with Crippen LogP contribution >= 0.6 is 0 Å². The Morgan fingerprint density at radius 3 is 2.76 bits per heavy atom. The molecule has 0 heterocycles. The number of guanidine groups is 1. The third kappa shape index (κ3) is 4.73. The molecule has 0 bridgehead atoms. The summed E-state index contributed by atoms with van der Waals surface area (Å²) in [5.41, 5.74) is 0. The summed E-state index contributed by atoms with van der Waals surface area (Å²) in [4.78, 5) is 4.11. The summed E-state index contributed by atoms with van der Waals surface area (Å²) in [7, 11) is 1.69. The van der Waals surface area contributed by atoms with E-state index in [4.69, 9.17) is 4.74 Å². The van der Waals surface area contributed by atoms with E-state index in [9.17, 15) is 8.78 Å². The van der Waals surface area contributed by atoms with E-state index in [1.165, 1.54) is 12.1 Å². The zero-order valence-electron chi connectivity index (χ0n) is 11.9. The third-order valence-electron chi connectivity index (χ3n) is 3.12. The average Bonchev–Trinajstić information content (AvgIpc) is 2.97. The predicted molar refractivity (Wildman–Crippen MR) is 78.5 cm³/mol. The molecule has 6 heteroatoms. The maximum absolute atomic E-state index is 13.3. The highest BCUT2D eigenvalue weighted by Gasteiger charge is 2.11. The first-order valence-corrected chi connectivity index (χ1v) is 6.89. The van der Waals surface area contributed by atoms with Gasteiger partial charge < -0.3 is 15.4 Å². The zero-order valence-corrected chi connectivity index (χ0v) is 11.9. The molecule has 2 N–H and O–H groups in total. The van der Waals surface area contributed by atoms with Crippen LogP contribution in [0, 0.1) is 11.6 Å². The molecule has 0 saturated heterocycles. The van der Waals surface area contributed by atoms with Crippen LogP contribution < -0.4 is 15.4 Å². The summed E-state index contributed by atoms with van der Waals surface area (Å²) in [5, 5.41) is 6.37. The minimum absolute atomic E-state index is 0.0427. The van der Waals surface area contributed by atoms with Crippen molar-refractivity contribution in [3.63, 3.8) is 0 Å². The Kier molecular flexibility index (Phi) is 5.54. The molecule has 0 radical (unpaired) electrons. The Hall–Kier alpha value is -2.11. The number of benzene rings is 1.